The highest BCUT2D eigenvalue weighted by Crippen LogP contribution is 2.22. The van der Waals surface area contributed by atoms with E-state index >= 15 is 0 Å². The molecule has 1 aliphatic heterocycles. The van der Waals surface area contributed by atoms with E-state index in [9.17, 15) is 13.2 Å². The van der Waals surface area contributed by atoms with Gasteiger partial charge in [0.1, 0.15) is 6.61 Å². The molecule has 0 radical (unpaired) electrons. The van der Waals surface area contributed by atoms with Crippen LogP contribution in [0.25, 0.3) is 11.1 Å². The monoisotopic (exact) mass is 373 g/mol. The molecule has 1 heterocycles. The van der Waals surface area contributed by atoms with Gasteiger partial charge in [-0.05, 0) is 29.5 Å². The summed E-state index contributed by atoms with van der Waals surface area (Å²) in [4.78, 5) is 12.3. The summed E-state index contributed by atoms with van der Waals surface area (Å²) in [7, 11) is -3.27. The molecule has 2 aromatic carbocycles. The van der Waals surface area contributed by atoms with Crippen molar-refractivity contribution in [2.45, 2.75) is 19.4 Å². The topological polar surface area (TPSA) is 63.7 Å². The number of ether oxygens (including phenoxy) is 1. The average Bonchev–Trinajstić information content (AvgIpc) is 2.66. The van der Waals surface area contributed by atoms with Gasteiger partial charge < -0.3 is 4.74 Å². The van der Waals surface area contributed by atoms with Crippen molar-refractivity contribution in [3.8, 4) is 11.1 Å². The van der Waals surface area contributed by atoms with Crippen molar-refractivity contribution in [3.05, 3.63) is 60.2 Å². The van der Waals surface area contributed by atoms with Crippen LogP contribution in [0.1, 0.15) is 18.4 Å². The van der Waals surface area contributed by atoms with Crippen LogP contribution in [-0.4, -0.2) is 38.0 Å². The number of benzene rings is 2. The summed E-state index contributed by atoms with van der Waals surface area (Å²) in [6, 6.07) is 18.0. The van der Waals surface area contributed by atoms with Gasteiger partial charge in [0.15, 0.2) is 0 Å². The first kappa shape index (κ1) is 18.6. The van der Waals surface area contributed by atoms with E-state index < -0.39 is 10.0 Å². The molecule has 0 amide bonds. The molecule has 1 fully saturated rings. The lowest BCUT2D eigenvalue weighted by atomic mass is 10.00. The molecule has 5 nitrogen and oxygen atoms in total. The van der Waals surface area contributed by atoms with E-state index in [0.717, 1.165) is 16.7 Å². The number of carbonyl (C=O) groups excluding carboxylic acids is 1. The Morgan fingerprint density at radius 1 is 1.08 bits per heavy atom. The number of sulfonamides is 1. The Hall–Kier alpha value is -2.18. The van der Waals surface area contributed by atoms with Gasteiger partial charge in [-0.2, -0.15) is 0 Å². The van der Waals surface area contributed by atoms with Crippen molar-refractivity contribution < 1.29 is 17.9 Å². The van der Waals surface area contributed by atoms with Gasteiger partial charge in [-0.1, -0.05) is 54.6 Å². The average molecular weight is 373 g/mol. The summed E-state index contributed by atoms with van der Waals surface area (Å²) in [5, 5.41) is 0. The Balaban J connectivity index is 1.56. The minimum atomic E-state index is -3.27. The maximum Gasteiger partial charge on any atom is 0.310 e. The number of carbonyl (C=O) groups is 1. The fraction of sp³-hybridized carbons (Fsp3) is 0.350. The van der Waals surface area contributed by atoms with E-state index in [4.69, 9.17) is 4.74 Å². The summed E-state index contributed by atoms with van der Waals surface area (Å²) >= 11 is 0. The molecule has 0 aliphatic carbocycles. The summed E-state index contributed by atoms with van der Waals surface area (Å²) in [6.07, 6.45) is 2.52. The molecule has 0 bridgehead atoms. The molecular formula is C20H23NO4S. The third-order valence-electron chi connectivity index (χ3n) is 4.63. The van der Waals surface area contributed by atoms with E-state index in [1.54, 1.807) is 0 Å². The maximum absolute atomic E-state index is 12.3. The number of piperidine rings is 1. The zero-order valence-corrected chi connectivity index (χ0v) is 15.6. The fourth-order valence-corrected chi connectivity index (χ4v) is 4.04. The zero-order chi connectivity index (χ0) is 18.6. The number of nitrogens with zero attached hydrogens (tertiary/aromatic N) is 1. The van der Waals surface area contributed by atoms with E-state index in [0.29, 0.717) is 19.4 Å². The van der Waals surface area contributed by atoms with Crippen LogP contribution in [0.3, 0.4) is 0 Å². The largest absolute Gasteiger partial charge is 0.461 e. The van der Waals surface area contributed by atoms with Gasteiger partial charge in [-0.3, -0.25) is 4.79 Å². The van der Waals surface area contributed by atoms with Gasteiger partial charge in [0.25, 0.3) is 0 Å². The van der Waals surface area contributed by atoms with Gasteiger partial charge in [0, 0.05) is 13.1 Å². The molecule has 26 heavy (non-hydrogen) atoms. The van der Waals surface area contributed by atoms with E-state index in [-0.39, 0.29) is 25.0 Å². The van der Waals surface area contributed by atoms with Crippen LogP contribution < -0.4 is 0 Å². The van der Waals surface area contributed by atoms with Gasteiger partial charge >= 0.3 is 5.97 Å². The van der Waals surface area contributed by atoms with Crippen molar-refractivity contribution in [2.75, 3.05) is 19.3 Å². The van der Waals surface area contributed by atoms with Crippen molar-refractivity contribution in [3.63, 3.8) is 0 Å². The van der Waals surface area contributed by atoms with Crippen molar-refractivity contribution in [1.82, 2.24) is 4.31 Å². The van der Waals surface area contributed by atoms with Crippen LogP contribution in [-0.2, 0) is 26.2 Å². The normalized spacial score (nSPS) is 18.4. The second kappa shape index (κ2) is 8.01. The summed E-state index contributed by atoms with van der Waals surface area (Å²) in [6.45, 7) is 0.886. The third kappa shape index (κ3) is 4.71. The molecule has 0 spiro atoms. The molecule has 6 heteroatoms. The molecule has 0 N–H and O–H groups in total. The van der Waals surface area contributed by atoms with Crippen LogP contribution in [0.5, 0.6) is 0 Å². The quantitative estimate of drug-likeness (QED) is 0.756. The number of rotatable bonds is 5. The first-order valence-electron chi connectivity index (χ1n) is 8.69. The van der Waals surface area contributed by atoms with Crippen LogP contribution in [0, 0.1) is 5.92 Å². The van der Waals surface area contributed by atoms with Crippen LogP contribution in [0.4, 0.5) is 0 Å². The Morgan fingerprint density at radius 3 is 2.38 bits per heavy atom. The Bertz CT molecular complexity index is 847. The summed E-state index contributed by atoms with van der Waals surface area (Å²) < 4.78 is 30.1. The minimum Gasteiger partial charge on any atom is -0.461 e. The number of hydrogen-bond acceptors (Lipinski definition) is 4. The van der Waals surface area contributed by atoms with E-state index in [1.807, 2.05) is 54.6 Å². The minimum absolute atomic E-state index is 0.198. The predicted octanol–water partition coefficient (Wildman–Crippen LogP) is 3.07. The van der Waals surface area contributed by atoms with Crippen LogP contribution in [0.2, 0.25) is 0 Å². The molecule has 3 rings (SSSR count). The van der Waals surface area contributed by atoms with Crippen molar-refractivity contribution >= 4 is 16.0 Å². The standard InChI is InChI=1S/C20H23NO4S/c1-26(23,24)21-13-5-8-19(14-21)20(22)25-15-16-9-11-18(12-10-16)17-6-3-2-4-7-17/h2-4,6-7,9-12,19H,5,8,13-15H2,1H3/t19-/m0/s1. The smallest absolute Gasteiger partial charge is 0.310 e. The van der Waals surface area contributed by atoms with E-state index in [2.05, 4.69) is 0 Å². The molecule has 1 aliphatic rings. The van der Waals surface area contributed by atoms with Crippen LogP contribution in [0.15, 0.2) is 54.6 Å². The maximum atomic E-state index is 12.3. The van der Waals surface area contributed by atoms with Crippen molar-refractivity contribution in [1.29, 1.82) is 0 Å². The first-order valence-corrected chi connectivity index (χ1v) is 10.5. The second-order valence-corrected chi connectivity index (χ2v) is 8.61. The molecule has 0 aromatic heterocycles. The SMILES string of the molecule is CS(=O)(=O)N1CCC[C@H](C(=O)OCc2ccc(-c3ccccc3)cc2)C1. The van der Waals surface area contributed by atoms with Gasteiger partial charge in [0.2, 0.25) is 10.0 Å². The highest BCUT2D eigenvalue weighted by atomic mass is 32.2. The van der Waals surface area contributed by atoms with Crippen LogP contribution >= 0.6 is 0 Å². The first-order chi connectivity index (χ1) is 12.4. The molecular weight excluding hydrogens is 350 g/mol. The van der Waals surface area contributed by atoms with Gasteiger partial charge in [0.05, 0.1) is 12.2 Å². The molecule has 0 unspecified atom stereocenters. The van der Waals surface area contributed by atoms with Gasteiger partial charge in [-0.15, -0.1) is 0 Å². The molecule has 138 valence electrons. The Morgan fingerprint density at radius 2 is 1.73 bits per heavy atom. The second-order valence-electron chi connectivity index (χ2n) is 6.63. The molecule has 2 aromatic rings. The summed E-state index contributed by atoms with van der Waals surface area (Å²) in [5.74, 6) is -0.715. The number of hydrogen-bond donors (Lipinski definition) is 0. The zero-order valence-electron chi connectivity index (χ0n) is 14.8. The summed E-state index contributed by atoms with van der Waals surface area (Å²) in [5.41, 5.74) is 3.16. The highest BCUT2D eigenvalue weighted by molar-refractivity contribution is 7.88. The van der Waals surface area contributed by atoms with E-state index in [1.165, 1.54) is 10.6 Å². The molecule has 1 saturated heterocycles. The highest BCUT2D eigenvalue weighted by Gasteiger charge is 2.31. The van der Waals surface area contributed by atoms with Gasteiger partial charge in [-0.25, -0.2) is 12.7 Å². The third-order valence-corrected chi connectivity index (χ3v) is 5.90. The lowest BCUT2D eigenvalue weighted by Crippen LogP contribution is -2.42. The predicted molar refractivity (Wildman–Crippen MR) is 101 cm³/mol. The Kier molecular flexibility index (Phi) is 5.74. The lowest BCUT2D eigenvalue weighted by Gasteiger charge is -2.29. The molecule has 0 saturated carbocycles. The Labute approximate surface area is 154 Å². The lowest BCUT2D eigenvalue weighted by molar-refractivity contribution is -0.151. The number of esters is 1. The fourth-order valence-electron chi connectivity index (χ4n) is 3.13. The van der Waals surface area contributed by atoms with Crippen molar-refractivity contribution in [2.24, 2.45) is 5.92 Å². The molecule has 1 atom stereocenters.